The highest BCUT2D eigenvalue weighted by atomic mass is 35.5. The molecule has 0 radical (unpaired) electrons. The zero-order valence-corrected chi connectivity index (χ0v) is 13.5. The van der Waals surface area contributed by atoms with Gasteiger partial charge in [0.15, 0.2) is 8.68 Å². The highest BCUT2D eigenvalue weighted by Crippen LogP contribution is 2.31. The number of aromatic nitrogens is 1. The quantitative estimate of drug-likeness (QED) is 0.924. The SMILES string of the molecule is CCC1CCCCC1NS(=O)(=O)c1sc(Cl)nc1C. The summed E-state index contributed by atoms with van der Waals surface area (Å²) in [6, 6.07) is 0.0454. The van der Waals surface area contributed by atoms with Gasteiger partial charge in [-0.25, -0.2) is 18.1 Å². The van der Waals surface area contributed by atoms with E-state index in [1.807, 2.05) is 0 Å². The maximum Gasteiger partial charge on any atom is 0.252 e. The van der Waals surface area contributed by atoms with Crippen molar-refractivity contribution in [3.8, 4) is 0 Å². The van der Waals surface area contributed by atoms with Crippen molar-refractivity contribution in [3.63, 3.8) is 0 Å². The summed E-state index contributed by atoms with van der Waals surface area (Å²) in [5, 5.41) is 0. The second-order valence-corrected chi connectivity index (χ2v) is 8.51. The Labute approximate surface area is 123 Å². The summed E-state index contributed by atoms with van der Waals surface area (Å²) in [6.07, 6.45) is 5.32. The van der Waals surface area contributed by atoms with Crippen LogP contribution in [0.4, 0.5) is 0 Å². The maximum atomic E-state index is 12.4. The van der Waals surface area contributed by atoms with Crippen LogP contribution in [0.3, 0.4) is 0 Å². The lowest BCUT2D eigenvalue weighted by atomic mass is 9.83. The number of rotatable bonds is 4. The molecule has 0 aliphatic heterocycles. The van der Waals surface area contributed by atoms with Crippen molar-refractivity contribution in [3.05, 3.63) is 10.2 Å². The van der Waals surface area contributed by atoms with Crippen molar-refractivity contribution in [1.29, 1.82) is 0 Å². The number of thiazole rings is 1. The molecule has 1 aromatic rings. The fraction of sp³-hybridized carbons (Fsp3) is 0.750. The fourth-order valence-corrected chi connectivity index (χ4v) is 5.80. The molecular formula is C12H19ClN2O2S2. The first-order valence-corrected chi connectivity index (χ1v) is 9.27. The first-order valence-electron chi connectivity index (χ1n) is 6.59. The molecule has 0 saturated heterocycles. The van der Waals surface area contributed by atoms with Crippen LogP contribution in [-0.2, 0) is 10.0 Å². The summed E-state index contributed by atoms with van der Waals surface area (Å²) in [7, 11) is -3.49. The topological polar surface area (TPSA) is 59.1 Å². The number of hydrogen-bond donors (Lipinski definition) is 1. The van der Waals surface area contributed by atoms with Gasteiger partial charge in [-0.05, 0) is 25.7 Å². The minimum absolute atomic E-state index is 0.0454. The van der Waals surface area contributed by atoms with E-state index in [2.05, 4.69) is 16.6 Å². The average molecular weight is 323 g/mol. The number of nitrogens with one attached hydrogen (secondary N) is 1. The molecule has 0 bridgehead atoms. The normalized spacial score (nSPS) is 24.6. The molecule has 0 amide bonds. The highest BCUT2D eigenvalue weighted by molar-refractivity contribution is 7.91. The maximum absolute atomic E-state index is 12.4. The van der Waals surface area contributed by atoms with E-state index in [1.54, 1.807) is 6.92 Å². The van der Waals surface area contributed by atoms with Crippen molar-refractivity contribution in [2.45, 2.75) is 56.2 Å². The summed E-state index contributed by atoms with van der Waals surface area (Å²) >= 11 is 6.81. The molecule has 1 heterocycles. The van der Waals surface area contributed by atoms with E-state index in [0.717, 1.165) is 37.0 Å². The van der Waals surface area contributed by atoms with E-state index in [9.17, 15) is 8.42 Å². The summed E-state index contributed by atoms with van der Waals surface area (Å²) in [6.45, 7) is 3.79. The van der Waals surface area contributed by atoms with Gasteiger partial charge < -0.3 is 0 Å². The van der Waals surface area contributed by atoms with E-state index in [0.29, 0.717) is 11.6 Å². The number of nitrogens with zero attached hydrogens (tertiary/aromatic N) is 1. The van der Waals surface area contributed by atoms with Gasteiger partial charge in [-0.15, -0.1) is 0 Å². The standard InChI is InChI=1S/C12H19ClN2O2S2/c1-3-9-6-4-5-7-10(9)15-19(16,17)11-8(2)14-12(13)18-11/h9-10,15H,3-7H2,1-2H3. The van der Waals surface area contributed by atoms with Crippen LogP contribution < -0.4 is 4.72 Å². The average Bonchev–Trinajstić information content (AvgIpc) is 2.69. The lowest BCUT2D eigenvalue weighted by Crippen LogP contribution is -2.41. The van der Waals surface area contributed by atoms with Gasteiger partial charge in [0, 0.05) is 6.04 Å². The van der Waals surface area contributed by atoms with Crippen molar-refractivity contribution in [1.82, 2.24) is 9.71 Å². The zero-order valence-electron chi connectivity index (χ0n) is 11.1. The van der Waals surface area contributed by atoms with E-state index < -0.39 is 10.0 Å². The third-order valence-corrected chi connectivity index (χ3v) is 7.07. The van der Waals surface area contributed by atoms with E-state index in [-0.39, 0.29) is 14.7 Å². The van der Waals surface area contributed by atoms with Gasteiger partial charge in [-0.1, -0.05) is 49.1 Å². The molecule has 2 rings (SSSR count). The summed E-state index contributed by atoms with van der Waals surface area (Å²) in [4.78, 5) is 3.97. The van der Waals surface area contributed by atoms with E-state index >= 15 is 0 Å². The monoisotopic (exact) mass is 322 g/mol. The molecule has 2 unspecified atom stereocenters. The lowest BCUT2D eigenvalue weighted by molar-refractivity contribution is 0.282. The van der Waals surface area contributed by atoms with E-state index in [1.165, 1.54) is 6.42 Å². The van der Waals surface area contributed by atoms with Crippen molar-refractivity contribution in [2.75, 3.05) is 0 Å². The second-order valence-electron chi connectivity index (χ2n) is 5.02. The minimum Gasteiger partial charge on any atom is -0.229 e. The van der Waals surface area contributed by atoms with Crippen LogP contribution in [0, 0.1) is 12.8 Å². The Morgan fingerprint density at radius 3 is 2.68 bits per heavy atom. The Morgan fingerprint density at radius 2 is 2.11 bits per heavy atom. The van der Waals surface area contributed by atoms with Crippen LogP contribution in [-0.4, -0.2) is 19.4 Å². The molecule has 108 valence electrons. The number of halogens is 1. The number of aryl methyl sites for hydroxylation is 1. The Kier molecular flexibility index (Phi) is 4.87. The minimum atomic E-state index is -3.49. The Balaban J connectivity index is 2.19. The predicted octanol–water partition coefficient (Wildman–Crippen LogP) is 3.35. The highest BCUT2D eigenvalue weighted by Gasteiger charge is 2.30. The molecule has 1 saturated carbocycles. The fourth-order valence-electron chi connectivity index (χ4n) is 2.70. The number of hydrogen-bond acceptors (Lipinski definition) is 4. The van der Waals surface area contributed by atoms with Gasteiger partial charge in [-0.3, -0.25) is 0 Å². The molecule has 4 nitrogen and oxygen atoms in total. The van der Waals surface area contributed by atoms with Gasteiger partial charge >= 0.3 is 0 Å². The molecule has 19 heavy (non-hydrogen) atoms. The molecule has 1 aromatic heterocycles. The molecule has 0 aromatic carbocycles. The molecule has 2 atom stereocenters. The first kappa shape index (κ1) is 15.2. The second kappa shape index (κ2) is 6.08. The smallest absolute Gasteiger partial charge is 0.229 e. The molecule has 7 heteroatoms. The van der Waals surface area contributed by atoms with Crippen LogP contribution in [0.25, 0.3) is 0 Å². The van der Waals surface area contributed by atoms with Crippen LogP contribution >= 0.6 is 22.9 Å². The third kappa shape index (κ3) is 3.48. The third-order valence-electron chi connectivity index (χ3n) is 3.71. The van der Waals surface area contributed by atoms with Crippen molar-refractivity contribution < 1.29 is 8.42 Å². The Bertz CT molecular complexity index is 542. The lowest BCUT2D eigenvalue weighted by Gasteiger charge is -2.31. The van der Waals surface area contributed by atoms with Crippen LogP contribution in [0.2, 0.25) is 4.47 Å². The molecule has 1 fully saturated rings. The van der Waals surface area contributed by atoms with Gasteiger partial charge in [0.05, 0.1) is 5.69 Å². The van der Waals surface area contributed by atoms with Gasteiger partial charge in [0.1, 0.15) is 0 Å². The van der Waals surface area contributed by atoms with Crippen LogP contribution in [0.5, 0.6) is 0 Å². The van der Waals surface area contributed by atoms with Gasteiger partial charge in [-0.2, -0.15) is 0 Å². The van der Waals surface area contributed by atoms with Crippen molar-refractivity contribution in [2.24, 2.45) is 5.92 Å². The summed E-state index contributed by atoms with van der Waals surface area (Å²) < 4.78 is 28.2. The number of sulfonamides is 1. The summed E-state index contributed by atoms with van der Waals surface area (Å²) in [5.74, 6) is 0.437. The van der Waals surface area contributed by atoms with Crippen LogP contribution in [0.15, 0.2) is 4.21 Å². The molecule has 1 N–H and O–H groups in total. The molecule has 0 spiro atoms. The Morgan fingerprint density at radius 1 is 1.42 bits per heavy atom. The van der Waals surface area contributed by atoms with Gasteiger partial charge in [0.25, 0.3) is 10.0 Å². The van der Waals surface area contributed by atoms with E-state index in [4.69, 9.17) is 11.6 Å². The molecular weight excluding hydrogens is 304 g/mol. The van der Waals surface area contributed by atoms with Crippen molar-refractivity contribution >= 4 is 33.0 Å². The predicted molar refractivity (Wildman–Crippen MR) is 78.2 cm³/mol. The Hall–Kier alpha value is -0.170. The largest absolute Gasteiger partial charge is 0.252 e. The molecule has 1 aliphatic carbocycles. The van der Waals surface area contributed by atoms with Crippen LogP contribution in [0.1, 0.15) is 44.7 Å². The van der Waals surface area contributed by atoms with Gasteiger partial charge in [0.2, 0.25) is 0 Å². The molecule has 1 aliphatic rings. The summed E-state index contributed by atoms with van der Waals surface area (Å²) in [5.41, 5.74) is 0.478. The zero-order chi connectivity index (χ0) is 14.0. The first-order chi connectivity index (χ1) is 8.94.